The summed E-state index contributed by atoms with van der Waals surface area (Å²) in [5, 5.41) is 0.585. The molecule has 2 aromatic carbocycles. The molecule has 0 radical (unpaired) electrons. The number of aromatic nitrogens is 2. The minimum atomic E-state index is -4.61. The molecule has 3 N–H and O–H groups in total. The van der Waals surface area contributed by atoms with Crippen molar-refractivity contribution in [1.82, 2.24) is 9.55 Å². The smallest absolute Gasteiger partial charge is 0.364 e. The minimum Gasteiger partial charge on any atom is -0.364 e. The molecule has 0 aliphatic heterocycles. The maximum atomic E-state index is 13.5. The first kappa shape index (κ1) is 22.3. The van der Waals surface area contributed by atoms with Crippen LogP contribution in [-0.2, 0) is 16.2 Å². The van der Waals surface area contributed by atoms with Crippen molar-refractivity contribution in [2.24, 2.45) is 5.73 Å². The molecule has 2 aromatic heterocycles. The van der Waals surface area contributed by atoms with Gasteiger partial charge in [0.05, 0.1) is 28.7 Å². The van der Waals surface area contributed by atoms with E-state index >= 15 is 0 Å². The fourth-order valence-electron chi connectivity index (χ4n) is 3.59. The van der Waals surface area contributed by atoms with E-state index in [0.717, 1.165) is 12.3 Å². The number of sulfonamides is 1. The summed E-state index contributed by atoms with van der Waals surface area (Å²) >= 11 is 0. The van der Waals surface area contributed by atoms with Crippen molar-refractivity contribution in [2.45, 2.75) is 6.18 Å². The van der Waals surface area contributed by atoms with Crippen molar-refractivity contribution >= 4 is 32.5 Å². The number of pyridine rings is 1. The highest BCUT2D eigenvalue weighted by Crippen LogP contribution is 2.36. The number of nitrogens with two attached hydrogens (primary N) is 1. The summed E-state index contributed by atoms with van der Waals surface area (Å²) in [6.45, 7) is 0. The second-order valence-corrected chi connectivity index (χ2v) is 9.07. The van der Waals surface area contributed by atoms with E-state index in [0.29, 0.717) is 16.6 Å². The molecule has 0 unspecified atom stereocenters. The van der Waals surface area contributed by atoms with Crippen molar-refractivity contribution in [3.05, 3.63) is 78.1 Å². The zero-order chi connectivity index (χ0) is 24.0. The lowest BCUT2D eigenvalue weighted by Gasteiger charge is -2.14. The summed E-state index contributed by atoms with van der Waals surface area (Å²) in [7, 11) is -3.56. The Hall–Kier alpha value is -3.86. The summed E-state index contributed by atoms with van der Waals surface area (Å²) in [5.41, 5.74) is 5.70. The van der Waals surface area contributed by atoms with Gasteiger partial charge in [0, 0.05) is 22.8 Å². The van der Waals surface area contributed by atoms with Crippen LogP contribution in [0.5, 0.6) is 0 Å². The number of halogens is 3. The predicted octanol–water partition coefficient (Wildman–Crippen LogP) is 4.18. The van der Waals surface area contributed by atoms with Crippen LogP contribution < -0.4 is 10.5 Å². The van der Waals surface area contributed by atoms with Crippen LogP contribution in [0.4, 0.5) is 18.9 Å². The largest absolute Gasteiger partial charge is 0.418 e. The number of nitrogens with zero attached hydrogens (tertiary/aromatic N) is 2. The molecule has 7 nitrogen and oxygen atoms in total. The van der Waals surface area contributed by atoms with Crippen LogP contribution in [0.3, 0.4) is 0 Å². The second kappa shape index (κ2) is 7.93. The van der Waals surface area contributed by atoms with Gasteiger partial charge in [0.2, 0.25) is 10.0 Å². The van der Waals surface area contributed by atoms with Crippen molar-refractivity contribution in [2.75, 3.05) is 11.0 Å². The van der Waals surface area contributed by atoms with Crippen LogP contribution in [0.15, 0.2) is 66.9 Å². The van der Waals surface area contributed by atoms with Gasteiger partial charge >= 0.3 is 6.18 Å². The fraction of sp³-hybridized carbons (Fsp3) is 0.0909. The Balaban J connectivity index is 1.94. The lowest BCUT2D eigenvalue weighted by Crippen LogP contribution is -2.16. The first-order valence-corrected chi connectivity index (χ1v) is 11.4. The molecule has 0 aliphatic carbocycles. The molecule has 0 aliphatic rings. The highest BCUT2D eigenvalue weighted by molar-refractivity contribution is 7.92. The predicted molar refractivity (Wildman–Crippen MR) is 118 cm³/mol. The van der Waals surface area contributed by atoms with Gasteiger partial charge in [-0.1, -0.05) is 18.2 Å². The molecule has 0 saturated carbocycles. The molecule has 0 bridgehead atoms. The summed E-state index contributed by atoms with van der Waals surface area (Å²) in [5.74, 6) is -0.761. The zero-order valence-corrected chi connectivity index (χ0v) is 17.9. The maximum absolute atomic E-state index is 13.5. The Labute approximate surface area is 186 Å². The number of nitrogens with one attached hydrogen (secondary N) is 1. The molecule has 1 amide bonds. The average molecular weight is 474 g/mol. The number of alkyl halides is 3. The van der Waals surface area contributed by atoms with Crippen LogP contribution in [0, 0.1) is 0 Å². The average Bonchev–Trinajstić information content (AvgIpc) is 3.11. The molecule has 0 atom stereocenters. The molecular formula is C22H17F3N4O3S. The van der Waals surface area contributed by atoms with Crippen molar-refractivity contribution in [1.29, 1.82) is 0 Å². The quantitative estimate of drug-likeness (QED) is 0.452. The zero-order valence-electron chi connectivity index (χ0n) is 17.1. The number of hydrogen-bond donors (Lipinski definition) is 2. The van der Waals surface area contributed by atoms with Crippen LogP contribution in [0.2, 0.25) is 0 Å². The van der Waals surface area contributed by atoms with E-state index in [9.17, 15) is 26.4 Å². The standard InChI is InChI=1S/C22H17F3N4O3S/c1-33(31,32)28-15-8-7-13-11-19(21(26)30)29(18(13)12-15)16-5-2-4-14(10-16)20-17(22(23,24)25)6-3-9-27-20/h2-12,28H,1H3,(H2,26,30). The molecule has 33 heavy (non-hydrogen) atoms. The van der Waals surface area contributed by atoms with Gasteiger partial charge in [-0.2, -0.15) is 13.2 Å². The van der Waals surface area contributed by atoms with Gasteiger partial charge in [-0.15, -0.1) is 0 Å². The SMILES string of the molecule is CS(=O)(=O)Nc1ccc2cc(C(N)=O)n(-c3cccc(-c4ncccc4C(F)(F)F)c3)c2c1. The van der Waals surface area contributed by atoms with Gasteiger partial charge in [0.1, 0.15) is 5.69 Å². The Kier molecular flexibility index (Phi) is 5.36. The number of primary amides is 1. The van der Waals surface area contributed by atoms with E-state index in [1.807, 2.05) is 0 Å². The number of benzene rings is 2. The first-order chi connectivity index (χ1) is 15.4. The van der Waals surface area contributed by atoms with Gasteiger partial charge in [-0.05, 0) is 42.5 Å². The molecule has 0 saturated heterocycles. The topological polar surface area (TPSA) is 107 Å². The van der Waals surface area contributed by atoms with Gasteiger partial charge in [-0.3, -0.25) is 14.5 Å². The number of hydrogen-bond acceptors (Lipinski definition) is 4. The number of carbonyl (C=O) groups is 1. The maximum Gasteiger partial charge on any atom is 0.418 e. The molecule has 2 heterocycles. The van der Waals surface area contributed by atoms with Gasteiger partial charge in [0.15, 0.2) is 0 Å². The van der Waals surface area contributed by atoms with E-state index in [1.54, 1.807) is 12.1 Å². The Morgan fingerprint density at radius 1 is 1.06 bits per heavy atom. The summed E-state index contributed by atoms with van der Waals surface area (Å²) < 4.78 is 67.6. The number of amides is 1. The van der Waals surface area contributed by atoms with Crippen LogP contribution in [0.25, 0.3) is 27.8 Å². The van der Waals surface area contributed by atoms with E-state index in [-0.39, 0.29) is 22.6 Å². The third kappa shape index (κ3) is 4.53. The summed E-state index contributed by atoms with van der Waals surface area (Å²) in [6, 6.07) is 14.4. The van der Waals surface area contributed by atoms with Crippen molar-refractivity contribution < 1.29 is 26.4 Å². The number of fused-ring (bicyclic) bond motifs is 1. The first-order valence-electron chi connectivity index (χ1n) is 9.50. The van der Waals surface area contributed by atoms with E-state index in [4.69, 9.17) is 5.73 Å². The lowest BCUT2D eigenvalue weighted by atomic mass is 10.0. The number of rotatable bonds is 5. The highest BCUT2D eigenvalue weighted by atomic mass is 32.2. The lowest BCUT2D eigenvalue weighted by molar-refractivity contribution is -0.137. The second-order valence-electron chi connectivity index (χ2n) is 7.32. The third-order valence-corrected chi connectivity index (χ3v) is 5.46. The van der Waals surface area contributed by atoms with Crippen LogP contribution in [-0.4, -0.2) is 30.1 Å². The van der Waals surface area contributed by atoms with Gasteiger partial charge in [0.25, 0.3) is 5.91 Å². The molecule has 0 spiro atoms. The van der Waals surface area contributed by atoms with Crippen LogP contribution >= 0.6 is 0 Å². The third-order valence-electron chi connectivity index (χ3n) is 4.85. The minimum absolute atomic E-state index is 0.0794. The molecule has 4 aromatic rings. The number of carbonyl (C=O) groups excluding carboxylic acids is 1. The fourth-order valence-corrected chi connectivity index (χ4v) is 4.15. The Bertz CT molecular complexity index is 1490. The molecule has 0 fully saturated rings. The Morgan fingerprint density at radius 3 is 2.48 bits per heavy atom. The summed E-state index contributed by atoms with van der Waals surface area (Å²) in [6.07, 6.45) is -2.34. The van der Waals surface area contributed by atoms with Gasteiger partial charge in [-0.25, -0.2) is 8.42 Å². The highest BCUT2D eigenvalue weighted by Gasteiger charge is 2.34. The van der Waals surface area contributed by atoms with Crippen molar-refractivity contribution in [3.8, 4) is 16.9 Å². The molecular weight excluding hydrogens is 457 g/mol. The number of anilines is 1. The molecule has 170 valence electrons. The van der Waals surface area contributed by atoms with E-state index in [1.165, 1.54) is 53.2 Å². The van der Waals surface area contributed by atoms with E-state index in [2.05, 4.69) is 9.71 Å². The summed E-state index contributed by atoms with van der Waals surface area (Å²) in [4.78, 5) is 16.1. The van der Waals surface area contributed by atoms with Crippen LogP contribution in [0.1, 0.15) is 16.1 Å². The molecule has 4 rings (SSSR count). The monoisotopic (exact) mass is 474 g/mol. The normalized spacial score (nSPS) is 12.1. The van der Waals surface area contributed by atoms with E-state index < -0.39 is 27.7 Å². The molecule has 11 heteroatoms. The Morgan fingerprint density at radius 2 is 1.82 bits per heavy atom. The van der Waals surface area contributed by atoms with Gasteiger partial charge < -0.3 is 10.3 Å². The van der Waals surface area contributed by atoms with Crippen molar-refractivity contribution in [3.63, 3.8) is 0 Å².